The van der Waals surface area contributed by atoms with Gasteiger partial charge in [0.15, 0.2) is 0 Å². The molecule has 6 nitrogen and oxygen atoms in total. The van der Waals surface area contributed by atoms with Crippen LogP contribution < -0.4 is 5.32 Å². The summed E-state index contributed by atoms with van der Waals surface area (Å²) in [4.78, 5) is 23.6. The molecule has 0 aromatic rings. The van der Waals surface area contributed by atoms with Crippen molar-refractivity contribution < 1.29 is 19.8 Å². The summed E-state index contributed by atoms with van der Waals surface area (Å²) in [7, 11) is 0. The number of carboxylic acids is 1. The highest BCUT2D eigenvalue weighted by molar-refractivity contribution is 5.74. The molecule has 0 aromatic carbocycles. The third-order valence-corrected chi connectivity index (χ3v) is 2.74. The molecule has 3 N–H and O–H groups in total. The van der Waals surface area contributed by atoms with Crippen molar-refractivity contribution in [2.45, 2.75) is 45.4 Å². The van der Waals surface area contributed by atoms with Gasteiger partial charge in [0.05, 0.1) is 6.61 Å². The summed E-state index contributed by atoms with van der Waals surface area (Å²) >= 11 is 0. The summed E-state index contributed by atoms with van der Waals surface area (Å²) < 4.78 is 0. The summed E-state index contributed by atoms with van der Waals surface area (Å²) in [5.74, 6) is -0.757. The maximum Gasteiger partial charge on any atom is 0.317 e. The van der Waals surface area contributed by atoms with Crippen LogP contribution >= 0.6 is 0 Å². The summed E-state index contributed by atoms with van der Waals surface area (Å²) in [5.41, 5.74) is 0. The first kappa shape index (κ1) is 17.7. The number of aliphatic hydroxyl groups excluding tert-OH is 1. The van der Waals surface area contributed by atoms with Crippen molar-refractivity contribution in [3.05, 3.63) is 0 Å². The Morgan fingerprint density at radius 3 is 2.37 bits per heavy atom. The monoisotopic (exact) mass is 274 g/mol. The maximum atomic E-state index is 11.7. The highest BCUT2D eigenvalue weighted by atomic mass is 16.4. The number of urea groups is 1. The van der Waals surface area contributed by atoms with E-state index in [2.05, 4.69) is 5.32 Å². The van der Waals surface area contributed by atoms with Crippen LogP contribution in [-0.4, -0.2) is 53.4 Å². The van der Waals surface area contributed by atoms with Gasteiger partial charge in [0, 0.05) is 26.1 Å². The standard InChI is InChI=1S/C13H26N2O4/c1-2-9-15(10-11-16)13(19)14-8-6-4-3-5-7-12(17)18/h16H,2-11H2,1H3,(H,14,19)(H,17,18). The zero-order valence-corrected chi connectivity index (χ0v) is 11.7. The van der Waals surface area contributed by atoms with Gasteiger partial charge in [-0.05, 0) is 19.3 Å². The zero-order valence-electron chi connectivity index (χ0n) is 11.7. The maximum absolute atomic E-state index is 11.7. The Balaban J connectivity index is 3.57. The molecule has 0 atom stereocenters. The molecular formula is C13H26N2O4. The number of unbranched alkanes of at least 4 members (excludes halogenated alkanes) is 3. The molecule has 6 heteroatoms. The molecular weight excluding hydrogens is 248 g/mol. The van der Waals surface area contributed by atoms with Crippen molar-refractivity contribution in [3.8, 4) is 0 Å². The first-order chi connectivity index (χ1) is 9.11. The van der Waals surface area contributed by atoms with E-state index < -0.39 is 5.97 Å². The minimum atomic E-state index is -0.757. The van der Waals surface area contributed by atoms with Gasteiger partial charge in [-0.2, -0.15) is 0 Å². The van der Waals surface area contributed by atoms with Crippen LogP contribution in [0.3, 0.4) is 0 Å². The molecule has 0 aliphatic rings. The lowest BCUT2D eigenvalue weighted by atomic mass is 10.1. The average Bonchev–Trinajstić information content (AvgIpc) is 2.36. The summed E-state index contributed by atoms with van der Waals surface area (Å²) in [6.45, 7) is 3.56. The number of nitrogens with one attached hydrogen (secondary N) is 1. The van der Waals surface area contributed by atoms with Gasteiger partial charge in [-0.1, -0.05) is 19.8 Å². The molecule has 0 unspecified atom stereocenters. The van der Waals surface area contributed by atoms with Crippen LogP contribution in [0.4, 0.5) is 4.79 Å². The number of hydrogen-bond acceptors (Lipinski definition) is 3. The van der Waals surface area contributed by atoms with E-state index in [4.69, 9.17) is 10.2 Å². The van der Waals surface area contributed by atoms with Gasteiger partial charge in [-0.25, -0.2) is 4.79 Å². The van der Waals surface area contributed by atoms with Gasteiger partial charge >= 0.3 is 12.0 Å². The number of carbonyl (C=O) groups is 2. The largest absolute Gasteiger partial charge is 0.481 e. The molecule has 0 aliphatic heterocycles. The fourth-order valence-electron chi connectivity index (χ4n) is 1.77. The molecule has 0 fully saturated rings. The van der Waals surface area contributed by atoms with Gasteiger partial charge < -0.3 is 20.4 Å². The number of amides is 2. The molecule has 0 aromatic heterocycles. The molecule has 0 radical (unpaired) electrons. The van der Waals surface area contributed by atoms with Crippen LogP contribution in [0.2, 0.25) is 0 Å². The Morgan fingerprint density at radius 1 is 1.11 bits per heavy atom. The SMILES string of the molecule is CCCN(CCO)C(=O)NCCCCCCC(=O)O. The highest BCUT2D eigenvalue weighted by Gasteiger charge is 2.10. The molecule has 19 heavy (non-hydrogen) atoms. The van der Waals surface area contributed by atoms with E-state index in [0.29, 0.717) is 26.1 Å². The molecule has 0 saturated heterocycles. The fraction of sp³-hybridized carbons (Fsp3) is 0.846. The van der Waals surface area contributed by atoms with E-state index in [0.717, 1.165) is 25.7 Å². The summed E-state index contributed by atoms with van der Waals surface area (Å²) in [5, 5.41) is 20.1. The Bertz CT molecular complexity index is 253. The molecule has 0 saturated carbocycles. The van der Waals surface area contributed by atoms with E-state index in [9.17, 15) is 9.59 Å². The van der Waals surface area contributed by atoms with E-state index in [-0.39, 0.29) is 19.1 Å². The van der Waals surface area contributed by atoms with Crippen LogP contribution in [0.25, 0.3) is 0 Å². The van der Waals surface area contributed by atoms with Crippen LogP contribution in [0.1, 0.15) is 45.4 Å². The second kappa shape index (κ2) is 11.8. The molecule has 0 bridgehead atoms. The van der Waals surface area contributed by atoms with Crippen molar-refractivity contribution >= 4 is 12.0 Å². The number of aliphatic hydroxyl groups is 1. The molecule has 0 heterocycles. The normalized spacial score (nSPS) is 10.2. The van der Waals surface area contributed by atoms with Crippen molar-refractivity contribution in [1.82, 2.24) is 10.2 Å². The second-order valence-electron chi connectivity index (χ2n) is 4.50. The van der Waals surface area contributed by atoms with Crippen molar-refractivity contribution in [3.63, 3.8) is 0 Å². The van der Waals surface area contributed by atoms with E-state index in [1.54, 1.807) is 4.90 Å². The molecule has 2 amide bonds. The minimum Gasteiger partial charge on any atom is -0.481 e. The van der Waals surface area contributed by atoms with E-state index in [1.807, 2.05) is 6.92 Å². The van der Waals surface area contributed by atoms with Gasteiger partial charge in [-0.3, -0.25) is 4.79 Å². The fourth-order valence-corrected chi connectivity index (χ4v) is 1.77. The lowest BCUT2D eigenvalue weighted by molar-refractivity contribution is -0.137. The first-order valence-electron chi connectivity index (χ1n) is 6.97. The number of carbonyl (C=O) groups excluding carboxylic acids is 1. The molecule has 0 rings (SSSR count). The predicted molar refractivity (Wildman–Crippen MR) is 73.1 cm³/mol. The van der Waals surface area contributed by atoms with Crippen molar-refractivity contribution in [2.75, 3.05) is 26.2 Å². The number of rotatable bonds is 11. The number of aliphatic carboxylic acids is 1. The highest BCUT2D eigenvalue weighted by Crippen LogP contribution is 2.02. The van der Waals surface area contributed by atoms with Crippen LogP contribution in [0, 0.1) is 0 Å². The Labute approximate surface area is 114 Å². The van der Waals surface area contributed by atoms with Gasteiger partial charge in [0.1, 0.15) is 0 Å². The van der Waals surface area contributed by atoms with Gasteiger partial charge in [0.25, 0.3) is 0 Å². The predicted octanol–water partition coefficient (Wildman–Crippen LogP) is 1.44. The number of nitrogens with zero attached hydrogens (tertiary/aromatic N) is 1. The topological polar surface area (TPSA) is 89.9 Å². The Kier molecular flexibility index (Phi) is 11.0. The number of hydrogen-bond donors (Lipinski definition) is 3. The quantitative estimate of drug-likeness (QED) is 0.497. The van der Waals surface area contributed by atoms with E-state index >= 15 is 0 Å². The molecule has 0 aliphatic carbocycles. The minimum absolute atomic E-state index is 0.0252. The second-order valence-corrected chi connectivity index (χ2v) is 4.50. The smallest absolute Gasteiger partial charge is 0.317 e. The molecule has 0 spiro atoms. The summed E-state index contributed by atoms with van der Waals surface area (Å²) in [6, 6.07) is -0.138. The Hall–Kier alpha value is -1.30. The van der Waals surface area contributed by atoms with Crippen LogP contribution in [0.15, 0.2) is 0 Å². The Morgan fingerprint density at radius 2 is 1.79 bits per heavy atom. The summed E-state index contributed by atoms with van der Waals surface area (Å²) in [6.07, 6.45) is 4.41. The van der Waals surface area contributed by atoms with Crippen LogP contribution in [-0.2, 0) is 4.79 Å². The van der Waals surface area contributed by atoms with Gasteiger partial charge in [0.2, 0.25) is 0 Å². The lowest BCUT2D eigenvalue weighted by Crippen LogP contribution is -2.42. The third kappa shape index (κ3) is 10.3. The van der Waals surface area contributed by atoms with Crippen LogP contribution in [0.5, 0.6) is 0 Å². The first-order valence-corrected chi connectivity index (χ1v) is 6.97. The number of carboxylic acid groups (broad SMARTS) is 1. The third-order valence-electron chi connectivity index (χ3n) is 2.74. The van der Waals surface area contributed by atoms with Gasteiger partial charge in [-0.15, -0.1) is 0 Å². The molecule has 112 valence electrons. The van der Waals surface area contributed by atoms with Crippen molar-refractivity contribution in [1.29, 1.82) is 0 Å². The van der Waals surface area contributed by atoms with E-state index in [1.165, 1.54) is 0 Å². The average molecular weight is 274 g/mol. The lowest BCUT2D eigenvalue weighted by Gasteiger charge is -2.21. The zero-order chi connectivity index (χ0) is 14.5. The van der Waals surface area contributed by atoms with Crippen molar-refractivity contribution in [2.24, 2.45) is 0 Å².